The van der Waals surface area contributed by atoms with Gasteiger partial charge in [-0.05, 0) is 76.2 Å². The van der Waals surface area contributed by atoms with Crippen LogP contribution in [0.5, 0.6) is 0 Å². The van der Waals surface area contributed by atoms with Gasteiger partial charge in [0.1, 0.15) is 0 Å². The largest absolute Gasteiger partial charge is 0.0841 e. The Hall–Kier alpha value is -0.540. The van der Waals surface area contributed by atoms with E-state index in [1.165, 1.54) is 14.7 Å². The number of aryl methyl sites for hydroxylation is 1. The first-order valence-electron chi connectivity index (χ1n) is 6.39. The van der Waals surface area contributed by atoms with Gasteiger partial charge in [0.2, 0.25) is 0 Å². The highest BCUT2D eigenvalue weighted by Crippen LogP contribution is 2.30. The minimum absolute atomic E-state index is 0.111. The smallest absolute Gasteiger partial charge is 0.0435 e. The van der Waals surface area contributed by atoms with Crippen LogP contribution in [0.25, 0.3) is 0 Å². The average Bonchev–Trinajstić information content (AvgIpc) is 2.32. The molecule has 2 aromatic carbocycles. The molecule has 0 radical (unpaired) electrons. The second-order valence-electron chi connectivity index (χ2n) is 5.65. The number of benzene rings is 2. The molecular formula is C17H18ClI. The summed E-state index contributed by atoms with van der Waals surface area (Å²) in [6.45, 7) is 6.64. The summed E-state index contributed by atoms with van der Waals surface area (Å²) >= 11 is 8.47. The third kappa shape index (κ3) is 3.73. The molecular weight excluding hydrogens is 367 g/mol. The van der Waals surface area contributed by atoms with E-state index in [9.17, 15) is 0 Å². The van der Waals surface area contributed by atoms with Gasteiger partial charge in [-0.1, -0.05) is 49.7 Å². The molecule has 0 aliphatic rings. The van der Waals surface area contributed by atoms with Gasteiger partial charge < -0.3 is 0 Å². The predicted molar refractivity (Wildman–Crippen MR) is 92.1 cm³/mol. The minimum Gasteiger partial charge on any atom is -0.0841 e. The van der Waals surface area contributed by atoms with Crippen LogP contribution < -0.4 is 0 Å². The lowest BCUT2D eigenvalue weighted by molar-refractivity contribution is 0.522. The normalized spacial score (nSPS) is 11.6. The SMILES string of the molecule is Cc1cc(C(C)(C)Cc2cccc(I)c2)ccc1Cl. The molecule has 2 aromatic rings. The van der Waals surface area contributed by atoms with Crippen molar-refractivity contribution in [1.29, 1.82) is 0 Å². The van der Waals surface area contributed by atoms with E-state index in [1.54, 1.807) is 0 Å². The highest BCUT2D eigenvalue weighted by Gasteiger charge is 2.21. The van der Waals surface area contributed by atoms with Crippen LogP contribution in [0, 0.1) is 10.5 Å². The van der Waals surface area contributed by atoms with Crippen molar-refractivity contribution in [2.75, 3.05) is 0 Å². The molecule has 0 saturated heterocycles. The van der Waals surface area contributed by atoms with Crippen molar-refractivity contribution in [1.82, 2.24) is 0 Å². The molecule has 0 atom stereocenters. The zero-order chi connectivity index (χ0) is 14.0. The van der Waals surface area contributed by atoms with Crippen LogP contribution in [0.15, 0.2) is 42.5 Å². The predicted octanol–water partition coefficient (Wildman–Crippen LogP) is 5.77. The van der Waals surface area contributed by atoms with Gasteiger partial charge in [-0.15, -0.1) is 0 Å². The average molecular weight is 385 g/mol. The van der Waals surface area contributed by atoms with Crippen molar-refractivity contribution in [2.24, 2.45) is 0 Å². The Kier molecular flexibility index (Phi) is 4.57. The molecule has 0 aromatic heterocycles. The van der Waals surface area contributed by atoms with E-state index in [0.29, 0.717) is 0 Å². The maximum atomic E-state index is 6.11. The van der Waals surface area contributed by atoms with Crippen LogP contribution in [0.4, 0.5) is 0 Å². The van der Waals surface area contributed by atoms with Gasteiger partial charge in [-0.2, -0.15) is 0 Å². The molecule has 0 amide bonds. The molecule has 0 saturated carbocycles. The van der Waals surface area contributed by atoms with Gasteiger partial charge in [-0.3, -0.25) is 0 Å². The number of halogens is 2. The zero-order valence-electron chi connectivity index (χ0n) is 11.5. The number of hydrogen-bond donors (Lipinski definition) is 0. The quantitative estimate of drug-likeness (QED) is 0.589. The van der Waals surface area contributed by atoms with Gasteiger partial charge in [-0.25, -0.2) is 0 Å². The first-order chi connectivity index (χ1) is 8.88. The molecule has 0 heterocycles. The fraction of sp³-hybridized carbons (Fsp3) is 0.294. The molecule has 0 aliphatic carbocycles. The first kappa shape index (κ1) is 14.9. The lowest BCUT2D eigenvalue weighted by Crippen LogP contribution is -2.20. The molecule has 0 aliphatic heterocycles. The summed E-state index contributed by atoms with van der Waals surface area (Å²) in [6, 6.07) is 15.1. The van der Waals surface area contributed by atoms with Gasteiger partial charge in [0.15, 0.2) is 0 Å². The van der Waals surface area contributed by atoms with Crippen molar-refractivity contribution >= 4 is 34.2 Å². The van der Waals surface area contributed by atoms with Crippen LogP contribution >= 0.6 is 34.2 Å². The third-order valence-corrected chi connectivity index (χ3v) is 4.57. The minimum atomic E-state index is 0.111. The van der Waals surface area contributed by atoms with Gasteiger partial charge in [0.25, 0.3) is 0 Å². The Bertz CT molecular complexity index is 588. The lowest BCUT2D eigenvalue weighted by Gasteiger charge is -2.26. The highest BCUT2D eigenvalue weighted by atomic mass is 127. The first-order valence-corrected chi connectivity index (χ1v) is 7.85. The van der Waals surface area contributed by atoms with Crippen LogP contribution in [-0.4, -0.2) is 0 Å². The van der Waals surface area contributed by atoms with Crippen LogP contribution in [0.3, 0.4) is 0 Å². The molecule has 2 heteroatoms. The monoisotopic (exact) mass is 384 g/mol. The van der Waals surface area contributed by atoms with Crippen LogP contribution in [0.2, 0.25) is 5.02 Å². The van der Waals surface area contributed by atoms with E-state index in [2.05, 4.69) is 79.8 Å². The fourth-order valence-electron chi connectivity index (χ4n) is 2.32. The molecule has 0 unspecified atom stereocenters. The van der Waals surface area contributed by atoms with Crippen molar-refractivity contribution < 1.29 is 0 Å². The second kappa shape index (κ2) is 5.84. The number of hydrogen-bond acceptors (Lipinski definition) is 0. The van der Waals surface area contributed by atoms with E-state index < -0.39 is 0 Å². The zero-order valence-corrected chi connectivity index (χ0v) is 14.4. The summed E-state index contributed by atoms with van der Waals surface area (Å²) in [5.41, 5.74) is 3.98. The molecule has 0 nitrogen and oxygen atoms in total. The lowest BCUT2D eigenvalue weighted by atomic mass is 9.79. The molecule has 2 rings (SSSR count). The van der Waals surface area contributed by atoms with E-state index >= 15 is 0 Å². The van der Waals surface area contributed by atoms with Crippen molar-refractivity contribution in [2.45, 2.75) is 32.6 Å². The third-order valence-electron chi connectivity index (χ3n) is 3.47. The molecule has 100 valence electrons. The Morgan fingerprint density at radius 1 is 1.11 bits per heavy atom. The molecule has 0 N–H and O–H groups in total. The molecule has 19 heavy (non-hydrogen) atoms. The Balaban J connectivity index is 2.29. The maximum Gasteiger partial charge on any atom is 0.0435 e. The van der Waals surface area contributed by atoms with Crippen molar-refractivity contribution in [3.63, 3.8) is 0 Å². The summed E-state index contributed by atoms with van der Waals surface area (Å²) in [5.74, 6) is 0. The van der Waals surface area contributed by atoms with Crippen LogP contribution in [-0.2, 0) is 11.8 Å². The Labute approximate surface area is 134 Å². The van der Waals surface area contributed by atoms with Gasteiger partial charge in [0, 0.05) is 8.59 Å². The molecule has 0 fully saturated rings. The van der Waals surface area contributed by atoms with E-state index in [-0.39, 0.29) is 5.41 Å². The Morgan fingerprint density at radius 3 is 2.47 bits per heavy atom. The summed E-state index contributed by atoms with van der Waals surface area (Å²) in [5, 5.41) is 0.841. The second-order valence-corrected chi connectivity index (χ2v) is 7.31. The fourth-order valence-corrected chi connectivity index (χ4v) is 3.05. The van der Waals surface area contributed by atoms with Crippen LogP contribution in [0.1, 0.15) is 30.5 Å². The van der Waals surface area contributed by atoms with E-state index in [0.717, 1.165) is 17.0 Å². The maximum absolute atomic E-state index is 6.11. The molecule has 0 spiro atoms. The van der Waals surface area contributed by atoms with Crippen molar-refractivity contribution in [3.05, 3.63) is 67.7 Å². The Morgan fingerprint density at radius 2 is 1.84 bits per heavy atom. The summed E-state index contributed by atoms with van der Waals surface area (Å²) < 4.78 is 1.29. The summed E-state index contributed by atoms with van der Waals surface area (Å²) in [7, 11) is 0. The van der Waals surface area contributed by atoms with Gasteiger partial charge in [0.05, 0.1) is 0 Å². The topological polar surface area (TPSA) is 0 Å². The summed E-state index contributed by atoms with van der Waals surface area (Å²) in [4.78, 5) is 0. The van der Waals surface area contributed by atoms with E-state index in [4.69, 9.17) is 11.6 Å². The molecule has 0 bridgehead atoms. The van der Waals surface area contributed by atoms with Crippen molar-refractivity contribution in [3.8, 4) is 0 Å². The standard InChI is InChI=1S/C17H18ClI/c1-12-9-14(7-8-16(12)18)17(2,3)11-13-5-4-6-15(19)10-13/h4-10H,11H2,1-3H3. The van der Waals surface area contributed by atoms with Gasteiger partial charge >= 0.3 is 0 Å². The number of rotatable bonds is 3. The van der Waals surface area contributed by atoms with E-state index in [1.807, 2.05) is 6.07 Å². The highest BCUT2D eigenvalue weighted by molar-refractivity contribution is 14.1. The summed E-state index contributed by atoms with van der Waals surface area (Å²) in [6.07, 6.45) is 1.03.